The largest absolute Gasteiger partial charge is 0.497 e. The number of likely N-dealkylation sites (tertiary alicyclic amines) is 1. The molecule has 1 saturated heterocycles. The molecule has 1 fully saturated rings. The summed E-state index contributed by atoms with van der Waals surface area (Å²) in [5.41, 5.74) is 4.44. The molecule has 1 aromatic heterocycles. The number of halogens is 1. The van der Waals surface area contributed by atoms with Gasteiger partial charge in [0, 0.05) is 67.5 Å². The number of pyridine rings is 1. The van der Waals surface area contributed by atoms with Crippen molar-refractivity contribution in [2.45, 2.75) is 58.7 Å². The molecule has 0 bridgehead atoms. The summed E-state index contributed by atoms with van der Waals surface area (Å²) in [6.07, 6.45) is 6.15. The van der Waals surface area contributed by atoms with Crippen LogP contribution in [0.4, 0.5) is 10.1 Å². The van der Waals surface area contributed by atoms with E-state index in [0.717, 1.165) is 54.9 Å². The fraction of sp³-hybridized carbons (Fsp3) is 0.406. The summed E-state index contributed by atoms with van der Waals surface area (Å²) in [7, 11) is 1.64. The molecule has 7 nitrogen and oxygen atoms in total. The number of aryl methyl sites for hydroxylation is 2. The number of ether oxygens (including phenoxy) is 1. The summed E-state index contributed by atoms with van der Waals surface area (Å²) in [6, 6.07) is 15.1. The minimum atomic E-state index is -0.303. The van der Waals surface area contributed by atoms with Gasteiger partial charge in [0.05, 0.1) is 18.7 Å². The van der Waals surface area contributed by atoms with Crippen LogP contribution >= 0.6 is 0 Å². The number of carbonyl (C=O) groups excluding carboxylic acids is 1. The maximum atomic E-state index is 14.8. The Kier molecular flexibility index (Phi) is 9.73. The number of benzene rings is 2. The van der Waals surface area contributed by atoms with Gasteiger partial charge in [0.2, 0.25) is 0 Å². The minimum absolute atomic E-state index is 0.0499. The van der Waals surface area contributed by atoms with E-state index in [1.165, 1.54) is 12.1 Å². The molecule has 0 unspecified atom stereocenters. The summed E-state index contributed by atoms with van der Waals surface area (Å²) in [4.78, 5) is 21.6. The van der Waals surface area contributed by atoms with Gasteiger partial charge in [-0.2, -0.15) is 5.26 Å². The van der Waals surface area contributed by atoms with Crippen molar-refractivity contribution in [2.75, 3.05) is 31.6 Å². The van der Waals surface area contributed by atoms with Gasteiger partial charge >= 0.3 is 0 Å². The fourth-order valence-electron chi connectivity index (χ4n) is 5.52. The highest BCUT2D eigenvalue weighted by molar-refractivity contribution is 5.96. The number of hydrogen-bond donors (Lipinski definition) is 1. The number of anilines is 1. The molecule has 1 atom stereocenters. The second kappa shape index (κ2) is 13.4. The van der Waals surface area contributed by atoms with E-state index in [2.05, 4.69) is 33.1 Å². The van der Waals surface area contributed by atoms with Crippen LogP contribution < -0.4 is 15.0 Å². The van der Waals surface area contributed by atoms with Crippen LogP contribution in [0.3, 0.4) is 0 Å². The van der Waals surface area contributed by atoms with Crippen LogP contribution in [0.5, 0.6) is 5.75 Å². The van der Waals surface area contributed by atoms with Crippen LogP contribution in [0.1, 0.15) is 58.8 Å². The zero-order chi connectivity index (χ0) is 28.6. The number of nitrogens with one attached hydrogen (secondary N) is 1. The van der Waals surface area contributed by atoms with Crippen LogP contribution in [0, 0.1) is 31.0 Å². The number of aromatic nitrogens is 1. The SMILES string of the molecule is COc1ccc(N(Cc2cc(C#N)ccc2F)C2CCN([C@H](C)CCNC(=O)c3c(C)cncc3C)CC2)cc1. The van der Waals surface area contributed by atoms with Gasteiger partial charge in [-0.25, -0.2) is 4.39 Å². The Balaban J connectivity index is 1.38. The topological polar surface area (TPSA) is 81.5 Å². The van der Waals surface area contributed by atoms with Gasteiger partial charge in [-0.3, -0.25) is 9.78 Å². The third kappa shape index (κ3) is 6.97. The molecular formula is C32H38FN5O2. The molecule has 1 amide bonds. The summed E-state index contributed by atoms with van der Waals surface area (Å²) in [5, 5.41) is 12.4. The van der Waals surface area contributed by atoms with Crippen LogP contribution in [0.25, 0.3) is 0 Å². The zero-order valence-corrected chi connectivity index (χ0v) is 23.8. The zero-order valence-electron chi connectivity index (χ0n) is 23.8. The van der Waals surface area contributed by atoms with Gasteiger partial charge in [-0.1, -0.05) is 0 Å². The van der Waals surface area contributed by atoms with E-state index in [0.29, 0.717) is 35.8 Å². The number of nitrogens with zero attached hydrogens (tertiary/aromatic N) is 4. The summed E-state index contributed by atoms with van der Waals surface area (Å²) in [6.45, 7) is 8.84. The molecule has 3 aromatic rings. The molecule has 2 heterocycles. The van der Waals surface area contributed by atoms with Crippen molar-refractivity contribution in [2.24, 2.45) is 0 Å². The average molecular weight is 544 g/mol. The lowest BCUT2D eigenvalue weighted by molar-refractivity contribution is 0.0943. The first-order valence-corrected chi connectivity index (χ1v) is 13.8. The Hall–Kier alpha value is -3.96. The molecule has 0 radical (unpaired) electrons. The van der Waals surface area contributed by atoms with Crippen molar-refractivity contribution in [3.8, 4) is 11.8 Å². The van der Waals surface area contributed by atoms with Gasteiger partial charge in [-0.15, -0.1) is 0 Å². The second-order valence-corrected chi connectivity index (χ2v) is 10.6. The molecule has 8 heteroatoms. The Morgan fingerprint density at radius 2 is 1.85 bits per heavy atom. The van der Waals surface area contributed by atoms with Crippen molar-refractivity contribution >= 4 is 11.6 Å². The molecule has 0 saturated carbocycles. The first kappa shape index (κ1) is 29.0. The molecule has 40 heavy (non-hydrogen) atoms. The first-order chi connectivity index (χ1) is 19.3. The first-order valence-electron chi connectivity index (χ1n) is 13.8. The molecule has 2 aromatic carbocycles. The number of carbonyl (C=O) groups is 1. The number of nitriles is 1. The maximum absolute atomic E-state index is 14.8. The smallest absolute Gasteiger partial charge is 0.251 e. The maximum Gasteiger partial charge on any atom is 0.251 e. The predicted octanol–water partition coefficient (Wildman–Crippen LogP) is 5.40. The summed E-state index contributed by atoms with van der Waals surface area (Å²) >= 11 is 0. The van der Waals surface area contributed by atoms with Crippen LogP contribution in [0.2, 0.25) is 0 Å². The van der Waals surface area contributed by atoms with E-state index in [1.54, 1.807) is 25.6 Å². The lowest BCUT2D eigenvalue weighted by atomic mass is 9.98. The predicted molar refractivity (Wildman–Crippen MR) is 155 cm³/mol. The Morgan fingerprint density at radius 1 is 1.18 bits per heavy atom. The Morgan fingerprint density at radius 3 is 2.48 bits per heavy atom. The number of amides is 1. The van der Waals surface area contributed by atoms with Crippen LogP contribution in [-0.4, -0.2) is 54.6 Å². The number of rotatable bonds is 10. The molecule has 210 valence electrons. The Bertz CT molecular complexity index is 1330. The highest BCUT2D eigenvalue weighted by Gasteiger charge is 2.28. The van der Waals surface area contributed by atoms with Gasteiger partial charge in [0.1, 0.15) is 11.6 Å². The second-order valence-electron chi connectivity index (χ2n) is 10.6. The normalized spacial score (nSPS) is 14.8. The van der Waals surface area contributed by atoms with Crippen molar-refractivity contribution in [3.05, 3.63) is 88.5 Å². The average Bonchev–Trinajstić information content (AvgIpc) is 2.97. The molecule has 0 aliphatic carbocycles. The van der Waals surface area contributed by atoms with E-state index < -0.39 is 0 Å². The van der Waals surface area contributed by atoms with Gasteiger partial charge in [-0.05, 0) is 93.6 Å². The van der Waals surface area contributed by atoms with E-state index in [9.17, 15) is 14.4 Å². The molecular weight excluding hydrogens is 505 g/mol. The van der Waals surface area contributed by atoms with Crippen molar-refractivity contribution in [1.82, 2.24) is 15.2 Å². The monoisotopic (exact) mass is 543 g/mol. The van der Waals surface area contributed by atoms with Crippen molar-refractivity contribution in [3.63, 3.8) is 0 Å². The minimum Gasteiger partial charge on any atom is -0.497 e. The highest BCUT2D eigenvalue weighted by atomic mass is 19.1. The highest BCUT2D eigenvalue weighted by Crippen LogP contribution is 2.29. The molecule has 4 rings (SSSR count). The third-order valence-corrected chi connectivity index (χ3v) is 7.88. The van der Waals surface area contributed by atoms with E-state index in [1.807, 2.05) is 38.1 Å². The molecule has 1 N–H and O–H groups in total. The van der Waals surface area contributed by atoms with Crippen molar-refractivity contribution < 1.29 is 13.9 Å². The fourth-order valence-corrected chi connectivity index (χ4v) is 5.52. The molecule has 1 aliphatic heterocycles. The standard InChI is InChI=1S/C32H38FN5O2/c1-22-19-35-20-23(2)31(22)32(39)36-14-11-24(3)37-15-12-28(13-16-37)38(27-6-8-29(40-4)9-7-27)21-26-17-25(18-34)5-10-30(26)33/h5-10,17,19-20,24,28H,11-16,21H2,1-4H3,(H,36,39)/t24-/m1/s1. The Labute approximate surface area is 236 Å². The van der Waals surface area contributed by atoms with E-state index in [-0.39, 0.29) is 17.8 Å². The third-order valence-electron chi connectivity index (χ3n) is 7.88. The molecule has 1 aliphatic rings. The summed E-state index contributed by atoms with van der Waals surface area (Å²) in [5.74, 6) is 0.417. The van der Waals surface area contributed by atoms with Crippen LogP contribution in [0.15, 0.2) is 54.9 Å². The van der Waals surface area contributed by atoms with E-state index in [4.69, 9.17) is 4.74 Å². The number of piperidine rings is 1. The van der Waals surface area contributed by atoms with Crippen molar-refractivity contribution in [1.29, 1.82) is 5.26 Å². The molecule has 0 spiro atoms. The quantitative estimate of drug-likeness (QED) is 0.369. The summed E-state index contributed by atoms with van der Waals surface area (Å²) < 4.78 is 20.1. The number of hydrogen-bond acceptors (Lipinski definition) is 6. The van der Waals surface area contributed by atoms with Gasteiger partial charge in [0.15, 0.2) is 0 Å². The van der Waals surface area contributed by atoms with Crippen LogP contribution in [-0.2, 0) is 6.54 Å². The number of methoxy groups -OCH3 is 1. The van der Waals surface area contributed by atoms with Gasteiger partial charge in [0.25, 0.3) is 5.91 Å². The van der Waals surface area contributed by atoms with Gasteiger partial charge < -0.3 is 19.9 Å². The lowest BCUT2D eigenvalue weighted by Gasteiger charge is -2.42. The van der Waals surface area contributed by atoms with E-state index >= 15 is 0 Å². The lowest BCUT2D eigenvalue weighted by Crippen LogP contribution is -2.48.